The second kappa shape index (κ2) is 6.21. The number of rotatable bonds is 2. The molecule has 0 saturated carbocycles. The summed E-state index contributed by atoms with van der Waals surface area (Å²) in [6.45, 7) is -3.83. The van der Waals surface area contributed by atoms with Gasteiger partial charge in [-0.15, -0.1) is 5.46 Å². The quantitative estimate of drug-likeness (QED) is 0.493. The predicted molar refractivity (Wildman–Crippen MR) is 51.2 cm³/mol. The van der Waals surface area contributed by atoms with E-state index < -0.39 is 18.4 Å². The molecule has 1 aromatic carbocycles. The van der Waals surface area contributed by atoms with Gasteiger partial charge < -0.3 is 17.7 Å². The average molecular weight is 256 g/mol. The maximum Gasteiger partial charge on any atom is 1.00 e. The van der Waals surface area contributed by atoms with Crippen LogP contribution in [0.5, 0.6) is 0 Å². The molecule has 82 valence electrons. The van der Waals surface area contributed by atoms with Gasteiger partial charge in [0.25, 0.3) is 0 Å². The maximum atomic E-state index is 12.5. The summed E-state index contributed by atoms with van der Waals surface area (Å²) < 4.78 is 41.9. The molecule has 0 spiro atoms. The number of hydrogen-bond acceptors (Lipinski definition) is 2. The minimum Gasteiger partial charge on any atom is -0.465 e. The van der Waals surface area contributed by atoms with Gasteiger partial charge in [-0.1, -0.05) is 17.7 Å². The molecular weight excluding hydrogens is 247 g/mol. The molecule has 0 fully saturated rings. The monoisotopic (exact) mass is 256 g/mol. The number of ether oxygens (including phenoxy) is 1. The number of methoxy groups -OCH3 is 1. The van der Waals surface area contributed by atoms with Crippen LogP contribution in [-0.2, 0) is 4.74 Å². The molecule has 2 nitrogen and oxygen atoms in total. The Kier molecular flexibility index (Phi) is 6.28. The summed E-state index contributed by atoms with van der Waals surface area (Å²) in [6.07, 6.45) is 0. The van der Waals surface area contributed by atoms with Gasteiger partial charge in [0, 0.05) is 0 Å². The topological polar surface area (TPSA) is 26.3 Å². The fraction of sp³-hybridized carbons (Fsp3) is 0.222. The number of halogens is 3. The van der Waals surface area contributed by atoms with Crippen LogP contribution in [-0.4, -0.2) is 20.1 Å². The van der Waals surface area contributed by atoms with Gasteiger partial charge in [-0.3, -0.25) is 0 Å². The second-order valence-corrected chi connectivity index (χ2v) is 3.09. The summed E-state index contributed by atoms with van der Waals surface area (Å²) in [7, 11) is 1.13. The smallest absolute Gasteiger partial charge is 0.465 e. The van der Waals surface area contributed by atoms with Gasteiger partial charge in [-0.05, 0) is 13.0 Å². The number of hydrogen-bond donors (Lipinski definition) is 0. The van der Waals surface area contributed by atoms with Crippen molar-refractivity contribution in [2.45, 2.75) is 6.92 Å². The van der Waals surface area contributed by atoms with E-state index in [1.165, 1.54) is 19.1 Å². The van der Waals surface area contributed by atoms with E-state index >= 15 is 0 Å². The van der Waals surface area contributed by atoms with Crippen molar-refractivity contribution in [3.63, 3.8) is 0 Å². The van der Waals surface area contributed by atoms with Crippen LogP contribution in [0.1, 0.15) is 15.9 Å². The molecule has 0 N–H and O–H groups in total. The van der Waals surface area contributed by atoms with E-state index in [2.05, 4.69) is 4.74 Å². The third-order valence-corrected chi connectivity index (χ3v) is 2.13. The number of carbonyl (C=O) groups excluding carboxylic acids is 1. The third kappa shape index (κ3) is 3.59. The van der Waals surface area contributed by atoms with Gasteiger partial charge >= 0.3 is 64.3 Å². The Morgan fingerprint density at radius 1 is 1.31 bits per heavy atom. The van der Waals surface area contributed by atoms with Gasteiger partial charge in [0.15, 0.2) is 0 Å². The van der Waals surface area contributed by atoms with Crippen molar-refractivity contribution in [3.05, 3.63) is 29.3 Å². The predicted octanol–water partition coefficient (Wildman–Crippen LogP) is -1.16. The van der Waals surface area contributed by atoms with E-state index in [0.29, 0.717) is 0 Å². The molecule has 0 aliphatic carbocycles. The van der Waals surface area contributed by atoms with Crippen LogP contribution in [0.25, 0.3) is 0 Å². The zero-order chi connectivity index (χ0) is 11.6. The van der Waals surface area contributed by atoms with E-state index in [0.717, 1.165) is 13.2 Å². The Labute approximate surface area is 134 Å². The molecular formula is C9H9BF3KO2. The molecule has 1 aromatic rings. The summed E-state index contributed by atoms with van der Waals surface area (Å²) in [6, 6.07) is 3.47. The first-order chi connectivity index (χ1) is 6.88. The van der Waals surface area contributed by atoms with Crippen LogP contribution in [0.4, 0.5) is 12.9 Å². The Balaban J connectivity index is 0.00000225. The second-order valence-electron chi connectivity index (χ2n) is 3.09. The SMILES string of the molecule is COC(=O)c1cccc([B-](F)(F)F)c1C.[K+]. The van der Waals surface area contributed by atoms with Crippen LogP contribution < -0.4 is 56.8 Å². The molecule has 0 aliphatic heterocycles. The van der Waals surface area contributed by atoms with Crippen LogP contribution in [0, 0.1) is 6.92 Å². The number of benzene rings is 1. The zero-order valence-corrected chi connectivity index (χ0v) is 12.4. The minimum absolute atomic E-state index is 0. The van der Waals surface area contributed by atoms with Crippen molar-refractivity contribution in [1.29, 1.82) is 0 Å². The Morgan fingerprint density at radius 2 is 1.88 bits per heavy atom. The van der Waals surface area contributed by atoms with Crippen LogP contribution >= 0.6 is 0 Å². The van der Waals surface area contributed by atoms with Crippen LogP contribution in [0.2, 0.25) is 0 Å². The maximum absolute atomic E-state index is 12.5. The molecule has 0 aliphatic rings. The molecule has 7 heteroatoms. The first-order valence-electron chi connectivity index (χ1n) is 4.25. The van der Waals surface area contributed by atoms with Gasteiger partial charge in [-0.25, -0.2) is 4.79 Å². The molecule has 0 saturated heterocycles. The first-order valence-corrected chi connectivity index (χ1v) is 4.25. The molecule has 0 radical (unpaired) electrons. The van der Waals surface area contributed by atoms with Crippen LogP contribution in [0.3, 0.4) is 0 Å². The Hall–Kier alpha value is 0.181. The summed E-state index contributed by atoms with van der Waals surface area (Å²) in [5, 5.41) is 0. The molecule has 0 amide bonds. The normalized spacial score (nSPS) is 10.6. The summed E-state index contributed by atoms with van der Waals surface area (Å²) in [5.74, 6) is -0.755. The van der Waals surface area contributed by atoms with Gasteiger partial charge in [0.2, 0.25) is 0 Å². The van der Waals surface area contributed by atoms with E-state index in [4.69, 9.17) is 0 Å². The van der Waals surface area contributed by atoms with Gasteiger partial charge in [0.1, 0.15) is 0 Å². The van der Waals surface area contributed by atoms with E-state index in [9.17, 15) is 17.7 Å². The largest absolute Gasteiger partial charge is 1.00 e. The van der Waals surface area contributed by atoms with Gasteiger partial charge in [0.05, 0.1) is 12.7 Å². The van der Waals surface area contributed by atoms with Crippen molar-refractivity contribution >= 4 is 18.4 Å². The Bertz CT molecular complexity index is 393. The number of esters is 1. The molecule has 16 heavy (non-hydrogen) atoms. The van der Waals surface area contributed by atoms with E-state index in [-0.39, 0.29) is 62.5 Å². The third-order valence-electron chi connectivity index (χ3n) is 2.13. The fourth-order valence-electron chi connectivity index (χ4n) is 1.34. The summed E-state index contributed by atoms with van der Waals surface area (Å²) in [4.78, 5) is 11.1. The number of carbonyl (C=O) groups is 1. The molecule has 1 rings (SSSR count). The summed E-state index contributed by atoms with van der Waals surface area (Å²) >= 11 is 0. The van der Waals surface area contributed by atoms with Crippen molar-refractivity contribution in [2.75, 3.05) is 7.11 Å². The van der Waals surface area contributed by atoms with Crippen molar-refractivity contribution < 1.29 is 73.9 Å². The molecule has 0 aromatic heterocycles. The van der Waals surface area contributed by atoms with Crippen molar-refractivity contribution in [1.82, 2.24) is 0 Å². The first kappa shape index (κ1) is 16.2. The minimum atomic E-state index is -5.09. The average Bonchev–Trinajstić information content (AvgIpc) is 2.15. The molecule has 0 heterocycles. The molecule has 0 bridgehead atoms. The Morgan fingerprint density at radius 3 is 2.31 bits per heavy atom. The zero-order valence-electron chi connectivity index (χ0n) is 9.26. The van der Waals surface area contributed by atoms with Gasteiger partial charge in [-0.2, -0.15) is 0 Å². The molecule has 0 unspecified atom stereocenters. The van der Waals surface area contributed by atoms with E-state index in [1.807, 2.05) is 0 Å². The van der Waals surface area contributed by atoms with Crippen molar-refractivity contribution in [2.24, 2.45) is 0 Å². The van der Waals surface area contributed by atoms with E-state index in [1.54, 1.807) is 0 Å². The molecule has 0 atom stereocenters. The van der Waals surface area contributed by atoms with Crippen molar-refractivity contribution in [3.8, 4) is 0 Å². The fourth-order valence-corrected chi connectivity index (χ4v) is 1.34. The standard InChI is InChI=1S/C9H9BF3O2.K/c1-6-7(9(14)15-2)4-3-5-8(6)10(11,12)13;/h3-5H,1-2H3;/q-1;+1. The van der Waals surface area contributed by atoms with Crippen LogP contribution in [0.15, 0.2) is 18.2 Å². The summed E-state index contributed by atoms with van der Waals surface area (Å²) in [5.41, 5.74) is -0.885.